The van der Waals surface area contributed by atoms with Crippen molar-refractivity contribution in [2.45, 2.75) is 20.5 Å². The van der Waals surface area contributed by atoms with Gasteiger partial charge in [0.15, 0.2) is 5.75 Å². The zero-order chi connectivity index (χ0) is 15.4. The summed E-state index contributed by atoms with van der Waals surface area (Å²) >= 11 is 0. The predicted octanol–water partition coefficient (Wildman–Crippen LogP) is 3.23. The van der Waals surface area contributed by atoms with Gasteiger partial charge in [-0.05, 0) is 31.0 Å². The Morgan fingerprint density at radius 1 is 1.33 bits per heavy atom. The monoisotopic (exact) mass is 287 g/mol. The molecule has 0 radical (unpaired) electrons. The highest BCUT2D eigenvalue weighted by molar-refractivity contribution is 5.53. The first kappa shape index (κ1) is 14.8. The Labute approximate surface area is 122 Å². The van der Waals surface area contributed by atoms with Gasteiger partial charge in [-0.2, -0.15) is 0 Å². The molecule has 0 spiro atoms. The average molecular weight is 287 g/mol. The highest BCUT2D eigenvalue weighted by atomic mass is 16.6. The lowest BCUT2D eigenvalue weighted by Gasteiger charge is -2.10. The van der Waals surface area contributed by atoms with Crippen LogP contribution in [0.15, 0.2) is 30.5 Å². The van der Waals surface area contributed by atoms with Crippen LogP contribution in [0, 0.1) is 24.0 Å². The molecule has 6 nitrogen and oxygen atoms in total. The number of ether oxygens (including phenoxy) is 1. The SMILES string of the molecule is CNc1ccc(COc2c(C)cc(C)cc2[N+](=O)[O-])cn1. The van der Waals surface area contributed by atoms with Crippen molar-refractivity contribution in [3.63, 3.8) is 0 Å². The van der Waals surface area contributed by atoms with Crippen LogP contribution in [-0.2, 0) is 6.61 Å². The zero-order valence-corrected chi connectivity index (χ0v) is 12.2. The summed E-state index contributed by atoms with van der Waals surface area (Å²) in [5.41, 5.74) is 2.43. The Balaban J connectivity index is 2.20. The highest BCUT2D eigenvalue weighted by Gasteiger charge is 2.18. The molecule has 0 bridgehead atoms. The molecule has 0 atom stereocenters. The number of aryl methyl sites for hydroxylation is 2. The van der Waals surface area contributed by atoms with Crippen LogP contribution in [0.4, 0.5) is 11.5 Å². The second kappa shape index (κ2) is 6.21. The van der Waals surface area contributed by atoms with Gasteiger partial charge in [0.1, 0.15) is 12.4 Å². The minimum atomic E-state index is -0.419. The third-order valence-corrected chi connectivity index (χ3v) is 3.06. The molecule has 0 amide bonds. The topological polar surface area (TPSA) is 77.3 Å². The predicted molar refractivity (Wildman–Crippen MR) is 80.7 cm³/mol. The fourth-order valence-corrected chi connectivity index (χ4v) is 2.07. The number of nitro benzene ring substituents is 1. The lowest BCUT2D eigenvalue weighted by Crippen LogP contribution is -2.02. The van der Waals surface area contributed by atoms with Crippen molar-refractivity contribution in [3.8, 4) is 5.75 Å². The molecular weight excluding hydrogens is 270 g/mol. The van der Waals surface area contributed by atoms with Gasteiger partial charge in [0.05, 0.1) is 4.92 Å². The molecule has 0 aliphatic heterocycles. The maximum atomic E-state index is 11.1. The van der Waals surface area contributed by atoms with Crippen LogP contribution in [0.25, 0.3) is 0 Å². The van der Waals surface area contributed by atoms with Gasteiger partial charge in [0, 0.05) is 24.9 Å². The lowest BCUT2D eigenvalue weighted by atomic mass is 10.1. The molecule has 2 rings (SSSR count). The largest absolute Gasteiger partial charge is 0.482 e. The van der Waals surface area contributed by atoms with E-state index in [9.17, 15) is 10.1 Å². The van der Waals surface area contributed by atoms with Gasteiger partial charge >= 0.3 is 5.69 Å². The van der Waals surface area contributed by atoms with Crippen LogP contribution in [0.3, 0.4) is 0 Å². The van der Waals surface area contributed by atoms with Gasteiger partial charge in [-0.1, -0.05) is 12.1 Å². The molecular formula is C15H17N3O3. The summed E-state index contributed by atoms with van der Waals surface area (Å²) in [5, 5.41) is 14.1. The number of aromatic nitrogens is 1. The Morgan fingerprint density at radius 3 is 2.67 bits per heavy atom. The number of benzene rings is 1. The lowest BCUT2D eigenvalue weighted by molar-refractivity contribution is -0.386. The number of nitro groups is 1. The molecule has 0 aliphatic rings. The number of hydrogen-bond donors (Lipinski definition) is 1. The quantitative estimate of drug-likeness (QED) is 0.674. The van der Waals surface area contributed by atoms with Gasteiger partial charge in [-0.15, -0.1) is 0 Å². The smallest absolute Gasteiger partial charge is 0.311 e. The van der Waals surface area contributed by atoms with Crippen LogP contribution in [0.2, 0.25) is 0 Å². The Bertz CT molecular complexity index is 654. The van der Waals surface area contributed by atoms with Crippen LogP contribution in [0.1, 0.15) is 16.7 Å². The van der Waals surface area contributed by atoms with Gasteiger partial charge in [0.25, 0.3) is 0 Å². The van der Waals surface area contributed by atoms with E-state index in [1.54, 1.807) is 20.2 Å². The average Bonchev–Trinajstić information content (AvgIpc) is 2.46. The van der Waals surface area contributed by atoms with Crippen molar-refractivity contribution >= 4 is 11.5 Å². The van der Waals surface area contributed by atoms with E-state index in [0.717, 1.165) is 22.5 Å². The van der Waals surface area contributed by atoms with E-state index in [-0.39, 0.29) is 12.3 Å². The van der Waals surface area contributed by atoms with Crippen LogP contribution in [0.5, 0.6) is 5.75 Å². The molecule has 110 valence electrons. The third-order valence-electron chi connectivity index (χ3n) is 3.06. The molecule has 0 aliphatic carbocycles. The van der Waals surface area contributed by atoms with Gasteiger partial charge < -0.3 is 10.1 Å². The normalized spacial score (nSPS) is 10.2. The minimum absolute atomic E-state index is 0.00713. The molecule has 1 aromatic heterocycles. The minimum Gasteiger partial charge on any atom is -0.482 e. The van der Waals surface area contributed by atoms with Crippen molar-refractivity contribution < 1.29 is 9.66 Å². The number of nitrogens with one attached hydrogen (secondary N) is 1. The molecule has 1 N–H and O–H groups in total. The fourth-order valence-electron chi connectivity index (χ4n) is 2.07. The second-order valence-electron chi connectivity index (χ2n) is 4.78. The highest BCUT2D eigenvalue weighted by Crippen LogP contribution is 2.32. The van der Waals surface area contributed by atoms with E-state index >= 15 is 0 Å². The van der Waals surface area contributed by atoms with E-state index in [1.807, 2.05) is 25.1 Å². The number of hydrogen-bond acceptors (Lipinski definition) is 5. The van der Waals surface area contributed by atoms with Crippen molar-refractivity contribution in [2.24, 2.45) is 0 Å². The Kier molecular flexibility index (Phi) is 4.37. The van der Waals surface area contributed by atoms with Gasteiger partial charge in [0.2, 0.25) is 0 Å². The van der Waals surface area contributed by atoms with E-state index in [4.69, 9.17) is 4.74 Å². The van der Waals surface area contributed by atoms with Crippen molar-refractivity contribution in [2.75, 3.05) is 12.4 Å². The van der Waals surface area contributed by atoms with Crippen molar-refractivity contribution in [1.82, 2.24) is 4.98 Å². The van der Waals surface area contributed by atoms with E-state index in [0.29, 0.717) is 5.75 Å². The fraction of sp³-hybridized carbons (Fsp3) is 0.267. The standard InChI is InChI=1S/C15H17N3O3/c1-10-6-11(2)15(13(7-10)18(19)20)21-9-12-4-5-14(16-3)17-8-12/h4-8H,9H2,1-3H3,(H,16,17). The first-order chi connectivity index (χ1) is 10.0. The van der Waals surface area contributed by atoms with Crippen LogP contribution < -0.4 is 10.1 Å². The van der Waals surface area contributed by atoms with Gasteiger partial charge in [-0.3, -0.25) is 10.1 Å². The van der Waals surface area contributed by atoms with Crippen LogP contribution >= 0.6 is 0 Å². The second-order valence-corrected chi connectivity index (χ2v) is 4.78. The molecule has 0 saturated heterocycles. The molecule has 0 unspecified atom stereocenters. The molecule has 6 heteroatoms. The summed E-state index contributed by atoms with van der Waals surface area (Å²) in [7, 11) is 1.79. The number of pyridine rings is 1. The number of anilines is 1. The number of rotatable bonds is 5. The third kappa shape index (κ3) is 3.47. The zero-order valence-electron chi connectivity index (χ0n) is 12.2. The summed E-state index contributed by atoms with van der Waals surface area (Å²) in [6, 6.07) is 7.08. The first-order valence-electron chi connectivity index (χ1n) is 6.52. The summed E-state index contributed by atoms with van der Waals surface area (Å²) in [5.74, 6) is 1.07. The first-order valence-corrected chi connectivity index (χ1v) is 6.52. The maximum Gasteiger partial charge on any atom is 0.311 e. The van der Waals surface area contributed by atoms with Crippen molar-refractivity contribution in [3.05, 3.63) is 57.3 Å². The van der Waals surface area contributed by atoms with E-state index in [2.05, 4.69) is 10.3 Å². The Morgan fingerprint density at radius 2 is 2.10 bits per heavy atom. The molecule has 1 aromatic carbocycles. The number of nitrogens with zero attached hydrogens (tertiary/aromatic N) is 2. The Hall–Kier alpha value is -2.63. The summed E-state index contributed by atoms with van der Waals surface area (Å²) < 4.78 is 5.64. The van der Waals surface area contributed by atoms with E-state index in [1.165, 1.54) is 6.07 Å². The molecule has 21 heavy (non-hydrogen) atoms. The van der Waals surface area contributed by atoms with Gasteiger partial charge in [-0.25, -0.2) is 4.98 Å². The van der Waals surface area contributed by atoms with E-state index < -0.39 is 4.92 Å². The van der Waals surface area contributed by atoms with Crippen LogP contribution in [-0.4, -0.2) is 17.0 Å². The molecule has 1 heterocycles. The molecule has 0 fully saturated rings. The molecule has 0 saturated carbocycles. The maximum absolute atomic E-state index is 11.1. The van der Waals surface area contributed by atoms with Crippen molar-refractivity contribution in [1.29, 1.82) is 0 Å². The summed E-state index contributed by atoms with van der Waals surface area (Å²) in [6.45, 7) is 3.86. The summed E-state index contributed by atoms with van der Waals surface area (Å²) in [4.78, 5) is 14.9. The summed E-state index contributed by atoms with van der Waals surface area (Å²) in [6.07, 6.45) is 1.68. The molecule has 2 aromatic rings.